The fraction of sp³-hybridized carbons (Fsp3) is 0.308. The Hall–Kier alpha value is -2.17. The topological polar surface area (TPSA) is 70.7 Å². The molecule has 2 rings (SSSR count). The van der Waals surface area contributed by atoms with E-state index in [4.69, 9.17) is 0 Å². The minimum atomic E-state index is 0.0423. The molecule has 5 heteroatoms. The van der Waals surface area contributed by atoms with Gasteiger partial charge in [-0.1, -0.05) is 0 Å². The summed E-state index contributed by atoms with van der Waals surface area (Å²) in [5, 5.41) is 2.89. The molecule has 0 aliphatic heterocycles. The molecule has 94 valence electrons. The number of carbonyl (C=O) groups excluding carboxylic acids is 1. The summed E-state index contributed by atoms with van der Waals surface area (Å²) in [4.78, 5) is 22.7. The molecular weight excluding hydrogens is 228 g/mol. The van der Waals surface area contributed by atoms with Crippen molar-refractivity contribution in [2.24, 2.45) is 0 Å². The number of H-pyrrole nitrogens is 1. The number of carbonyl (C=O) groups is 1. The highest BCUT2D eigenvalue weighted by Gasteiger charge is 2.02. The van der Waals surface area contributed by atoms with Crippen LogP contribution in [0.3, 0.4) is 0 Å². The van der Waals surface area contributed by atoms with Crippen LogP contribution in [0.2, 0.25) is 0 Å². The van der Waals surface area contributed by atoms with Crippen LogP contribution in [0.15, 0.2) is 36.9 Å². The molecule has 2 aromatic heterocycles. The smallest absolute Gasteiger partial charge is 0.224 e. The first-order chi connectivity index (χ1) is 8.84. The molecule has 0 aliphatic rings. The van der Waals surface area contributed by atoms with Crippen molar-refractivity contribution >= 4 is 5.91 Å². The summed E-state index contributed by atoms with van der Waals surface area (Å²) in [6.45, 7) is 0.671. The third kappa shape index (κ3) is 4.01. The van der Waals surface area contributed by atoms with Crippen LogP contribution >= 0.6 is 0 Å². The lowest BCUT2D eigenvalue weighted by atomic mass is 10.2. The van der Waals surface area contributed by atoms with Gasteiger partial charge < -0.3 is 10.3 Å². The molecule has 0 radical (unpaired) electrons. The van der Waals surface area contributed by atoms with Gasteiger partial charge in [0.2, 0.25) is 5.91 Å². The monoisotopic (exact) mass is 244 g/mol. The predicted molar refractivity (Wildman–Crippen MR) is 67.9 cm³/mol. The molecule has 0 aliphatic carbocycles. The molecule has 0 bridgehead atoms. The molecule has 0 spiro atoms. The van der Waals surface area contributed by atoms with Gasteiger partial charge in [-0.2, -0.15) is 0 Å². The van der Waals surface area contributed by atoms with Gasteiger partial charge in [-0.3, -0.25) is 9.78 Å². The molecule has 2 N–H and O–H groups in total. The lowest BCUT2D eigenvalue weighted by Gasteiger charge is -2.04. The zero-order valence-corrected chi connectivity index (χ0v) is 10.1. The van der Waals surface area contributed by atoms with Gasteiger partial charge in [-0.15, -0.1) is 0 Å². The first-order valence-electron chi connectivity index (χ1n) is 5.98. The van der Waals surface area contributed by atoms with Gasteiger partial charge in [0.1, 0.15) is 5.82 Å². The number of rotatable bonds is 6. The number of nitrogens with zero attached hydrogens (tertiary/aromatic N) is 2. The summed E-state index contributed by atoms with van der Waals surface area (Å²) < 4.78 is 0. The highest BCUT2D eigenvalue weighted by molar-refractivity contribution is 5.78. The summed E-state index contributed by atoms with van der Waals surface area (Å²) in [5.74, 6) is 0.999. The van der Waals surface area contributed by atoms with Gasteiger partial charge in [0.15, 0.2) is 0 Å². The Balaban J connectivity index is 1.63. The van der Waals surface area contributed by atoms with Crippen LogP contribution in [0.5, 0.6) is 0 Å². The number of pyridine rings is 1. The van der Waals surface area contributed by atoms with Gasteiger partial charge in [-0.25, -0.2) is 4.98 Å². The molecule has 2 aromatic rings. The van der Waals surface area contributed by atoms with Crippen LogP contribution in [0.4, 0.5) is 0 Å². The van der Waals surface area contributed by atoms with Crippen LogP contribution < -0.4 is 5.32 Å². The number of nitrogens with one attached hydrogen (secondary N) is 2. The first kappa shape index (κ1) is 12.3. The van der Waals surface area contributed by atoms with E-state index in [-0.39, 0.29) is 5.91 Å². The fourth-order valence-corrected chi connectivity index (χ4v) is 1.67. The Morgan fingerprint density at radius 1 is 1.28 bits per heavy atom. The van der Waals surface area contributed by atoms with Gasteiger partial charge in [-0.05, 0) is 24.1 Å². The molecule has 0 fully saturated rings. The third-order valence-electron chi connectivity index (χ3n) is 2.58. The Bertz CT molecular complexity index is 467. The van der Waals surface area contributed by atoms with Crippen molar-refractivity contribution in [3.63, 3.8) is 0 Å². The average molecular weight is 244 g/mol. The van der Waals surface area contributed by atoms with Gasteiger partial charge >= 0.3 is 0 Å². The SMILES string of the molecule is O=C(Cc1ccncc1)NCCCc1ncc[nH]1. The molecule has 0 saturated carbocycles. The van der Waals surface area contributed by atoms with Crippen molar-refractivity contribution in [1.29, 1.82) is 0 Å². The van der Waals surface area contributed by atoms with Crippen LogP contribution in [0.1, 0.15) is 17.8 Å². The maximum Gasteiger partial charge on any atom is 0.224 e. The predicted octanol–water partition coefficient (Wildman–Crippen LogP) is 1.10. The van der Waals surface area contributed by atoms with Gasteiger partial charge in [0, 0.05) is 37.8 Å². The quantitative estimate of drug-likeness (QED) is 0.747. The van der Waals surface area contributed by atoms with E-state index >= 15 is 0 Å². The second-order valence-corrected chi connectivity index (χ2v) is 4.02. The van der Waals surface area contributed by atoms with E-state index in [0.717, 1.165) is 24.2 Å². The van der Waals surface area contributed by atoms with Crippen molar-refractivity contribution in [3.8, 4) is 0 Å². The molecule has 0 unspecified atom stereocenters. The van der Waals surface area contributed by atoms with E-state index in [0.29, 0.717) is 13.0 Å². The summed E-state index contributed by atoms with van der Waals surface area (Å²) >= 11 is 0. The van der Waals surface area contributed by atoms with E-state index in [1.807, 2.05) is 12.1 Å². The Labute approximate surface area is 106 Å². The number of imidazole rings is 1. The molecule has 1 amide bonds. The zero-order valence-electron chi connectivity index (χ0n) is 10.1. The lowest BCUT2D eigenvalue weighted by molar-refractivity contribution is -0.120. The molecule has 2 heterocycles. The number of hydrogen-bond donors (Lipinski definition) is 2. The molecule has 5 nitrogen and oxygen atoms in total. The minimum absolute atomic E-state index is 0.0423. The third-order valence-corrected chi connectivity index (χ3v) is 2.58. The minimum Gasteiger partial charge on any atom is -0.356 e. The maximum absolute atomic E-state index is 11.6. The number of aryl methyl sites for hydroxylation is 1. The van der Waals surface area contributed by atoms with Crippen molar-refractivity contribution < 1.29 is 4.79 Å². The van der Waals surface area contributed by atoms with Crippen LogP contribution in [-0.4, -0.2) is 27.4 Å². The van der Waals surface area contributed by atoms with Crippen LogP contribution in [0, 0.1) is 0 Å². The summed E-state index contributed by atoms with van der Waals surface area (Å²) in [6, 6.07) is 3.70. The van der Waals surface area contributed by atoms with Crippen molar-refractivity contribution in [2.45, 2.75) is 19.3 Å². The number of aromatic nitrogens is 3. The second-order valence-electron chi connectivity index (χ2n) is 4.02. The van der Waals surface area contributed by atoms with Crippen molar-refractivity contribution in [2.75, 3.05) is 6.54 Å². The van der Waals surface area contributed by atoms with E-state index < -0.39 is 0 Å². The largest absolute Gasteiger partial charge is 0.356 e. The zero-order chi connectivity index (χ0) is 12.6. The average Bonchev–Trinajstić information content (AvgIpc) is 2.89. The highest BCUT2D eigenvalue weighted by atomic mass is 16.1. The maximum atomic E-state index is 11.6. The number of aromatic amines is 1. The standard InChI is InChI=1S/C13H16N4O/c18-13(10-11-3-6-14-7-4-11)17-5-1-2-12-15-8-9-16-12/h3-4,6-9H,1-2,5,10H2,(H,15,16)(H,17,18). The Kier molecular flexibility index (Phi) is 4.46. The molecule has 0 aromatic carbocycles. The molecule has 0 atom stereocenters. The van der Waals surface area contributed by atoms with Crippen LogP contribution in [0.25, 0.3) is 0 Å². The normalized spacial score (nSPS) is 10.2. The van der Waals surface area contributed by atoms with E-state index in [2.05, 4.69) is 20.3 Å². The van der Waals surface area contributed by atoms with E-state index in [1.54, 1.807) is 24.8 Å². The fourth-order valence-electron chi connectivity index (χ4n) is 1.67. The van der Waals surface area contributed by atoms with E-state index in [9.17, 15) is 4.79 Å². The van der Waals surface area contributed by atoms with Gasteiger partial charge in [0.05, 0.1) is 6.42 Å². The summed E-state index contributed by atoms with van der Waals surface area (Å²) in [7, 11) is 0. The van der Waals surface area contributed by atoms with E-state index in [1.165, 1.54) is 0 Å². The van der Waals surface area contributed by atoms with Crippen molar-refractivity contribution in [1.82, 2.24) is 20.3 Å². The summed E-state index contributed by atoms with van der Waals surface area (Å²) in [5.41, 5.74) is 0.980. The number of hydrogen-bond acceptors (Lipinski definition) is 3. The Morgan fingerprint density at radius 3 is 2.83 bits per heavy atom. The number of amides is 1. The molecular formula is C13H16N4O. The second kappa shape index (κ2) is 6.54. The van der Waals surface area contributed by atoms with Crippen LogP contribution in [-0.2, 0) is 17.6 Å². The summed E-state index contributed by atoms with van der Waals surface area (Å²) in [6.07, 6.45) is 9.06. The first-order valence-corrected chi connectivity index (χ1v) is 5.98. The Morgan fingerprint density at radius 2 is 2.11 bits per heavy atom. The van der Waals surface area contributed by atoms with Gasteiger partial charge in [0.25, 0.3) is 0 Å². The lowest BCUT2D eigenvalue weighted by Crippen LogP contribution is -2.26. The highest BCUT2D eigenvalue weighted by Crippen LogP contribution is 1.97. The van der Waals surface area contributed by atoms with Crippen molar-refractivity contribution in [3.05, 3.63) is 48.3 Å². The molecule has 18 heavy (non-hydrogen) atoms. The molecule has 0 saturated heterocycles.